The predicted octanol–water partition coefficient (Wildman–Crippen LogP) is 4.49. The average molecular weight is 451 g/mol. The van der Waals surface area contributed by atoms with Crippen LogP contribution in [0.3, 0.4) is 0 Å². The maximum absolute atomic E-state index is 12.5. The molecule has 1 aromatic heterocycles. The molecule has 0 aliphatic heterocycles. The van der Waals surface area contributed by atoms with Gasteiger partial charge in [-0.25, -0.2) is 23.1 Å². The van der Waals surface area contributed by atoms with Crippen molar-refractivity contribution in [2.24, 2.45) is 0 Å². The van der Waals surface area contributed by atoms with E-state index < -0.39 is 10.0 Å². The van der Waals surface area contributed by atoms with Crippen LogP contribution in [-0.2, 0) is 23.1 Å². The number of anilines is 1. The molecule has 3 aromatic rings. The van der Waals surface area contributed by atoms with E-state index in [4.69, 9.17) is 23.2 Å². The molecule has 0 unspecified atom stereocenters. The Morgan fingerprint density at radius 2 is 1.55 bits per heavy atom. The molecule has 29 heavy (non-hydrogen) atoms. The second-order valence-corrected chi connectivity index (χ2v) is 9.10. The van der Waals surface area contributed by atoms with Crippen LogP contribution >= 0.6 is 23.2 Å². The lowest BCUT2D eigenvalue weighted by atomic mass is 10.2. The summed E-state index contributed by atoms with van der Waals surface area (Å²) in [6.45, 7) is 4.52. The summed E-state index contributed by atoms with van der Waals surface area (Å²) in [6, 6.07) is 13.6. The largest absolute Gasteiger partial charge is 0.378 e. The van der Waals surface area contributed by atoms with Gasteiger partial charge in [-0.3, -0.25) is 0 Å². The first-order chi connectivity index (χ1) is 13.7. The van der Waals surface area contributed by atoms with E-state index in [2.05, 4.69) is 20.0 Å². The monoisotopic (exact) mass is 450 g/mol. The summed E-state index contributed by atoms with van der Waals surface area (Å²) in [7, 11) is -3.74. The lowest BCUT2D eigenvalue weighted by molar-refractivity contribution is 0.581. The minimum atomic E-state index is -3.74. The second-order valence-electron chi connectivity index (χ2n) is 6.52. The summed E-state index contributed by atoms with van der Waals surface area (Å²) >= 11 is 11.8. The molecule has 0 atom stereocenters. The van der Waals surface area contributed by atoms with Gasteiger partial charge in [0.25, 0.3) is 0 Å². The Balaban J connectivity index is 1.60. The number of benzene rings is 2. The minimum absolute atomic E-state index is 0.00435. The number of sulfonamides is 1. The Kier molecular flexibility index (Phi) is 6.74. The molecular formula is C20H20Cl2N4O2S. The quantitative estimate of drug-likeness (QED) is 0.553. The smallest absolute Gasteiger partial charge is 0.242 e. The Morgan fingerprint density at radius 3 is 2.17 bits per heavy atom. The van der Waals surface area contributed by atoms with Crippen LogP contribution in [0.5, 0.6) is 0 Å². The molecule has 152 valence electrons. The standard InChI is InChI=1S/C20H20Cl2N4O2S/c1-13-9-14(2)26-20(25-13)12-23-17-6-3-15(4-7-17)11-24-29(27,28)19-8-5-16(21)10-18(19)22/h3-10,23-24H,11-12H2,1-2H3. The zero-order valence-electron chi connectivity index (χ0n) is 15.9. The van der Waals surface area contributed by atoms with Gasteiger partial charge in [0.1, 0.15) is 10.7 Å². The molecule has 3 rings (SSSR count). The number of nitrogens with one attached hydrogen (secondary N) is 2. The van der Waals surface area contributed by atoms with E-state index in [0.717, 1.165) is 28.5 Å². The van der Waals surface area contributed by atoms with Crippen molar-refractivity contribution >= 4 is 38.9 Å². The fourth-order valence-electron chi connectivity index (χ4n) is 2.75. The van der Waals surface area contributed by atoms with Gasteiger partial charge < -0.3 is 5.32 Å². The number of halogens is 2. The van der Waals surface area contributed by atoms with Crippen molar-refractivity contribution in [2.75, 3.05) is 5.32 Å². The van der Waals surface area contributed by atoms with Crippen LogP contribution in [0.1, 0.15) is 22.8 Å². The average Bonchev–Trinajstić information content (AvgIpc) is 2.64. The predicted molar refractivity (Wildman–Crippen MR) is 116 cm³/mol. The Labute approximate surface area is 180 Å². The van der Waals surface area contributed by atoms with Crippen molar-refractivity contribution < 1.29 is 8.42 Å². The maximum atomic E-state index is 12.5. The van der Waals surface area contributed by atoms with Crippen molar-refractivity contribution in [1.29, 1.82) is 0 Å². The van der Waals surface area contributed by atoms with Crippen molar-refractivity contribution in [3.8, 4) is 0 Å². The molecule has 0 radical (unpaired) electrons. The molecule has 1 heterocycles. The summed E-state index contributed by atoms with van der Waals surface area (Å²) in [5.74, 6) is 0.721. The van der Waals surface area contributed by atoms with Gasteiger partial charge in [0.05, 0.1) is 11.6 Å². The van der Waals surface area contributed by atoms with Gasteiger partial charge in [0.2, 0.25) is 10.0 Å². The SMILES string of the molecule is Cc1cc(C)nc(CNc2ccc(CNS(=O)(=O)c3ccc(Cl)cc3Cl)cc2)n1. The highest BCUT2D eigenvalue weighted by molar-refractivity contribution is 7.89. The summed E-state index contributed by atoms with van der Waals surface area (Å²) in [6.07, 6.45) is 0. The van der Waals surface area contributed by atoms with Gasteiger partial charge in [0, 0.05) is 28.6 Å². The third-order valence-electron chi connectivity index (χ3n) is 4.08. The summed E-state index contributed by atoms with van der Waals surface area (Å²) in [5.41, 5.74) is 3.56. The first-order valence-corrected chi connectivity index (χ1v) is 11.1. The zero-order chi connectivity index (χ0) is 21.0. The fraction of sp³-hybridized carbons (Fsp3) is 0.200. The highest BCUT2D eigenvalue weighted by atomic mass is 35.5. The molecule has 9 heteroatoms. The highest BCUT2D eigenvalue weighted by Crippen LogP contribution is 2.25. The van der Waals surface area contributed by atoms with Crippen LogP contribution in [-0.4, -0.2) is 18.4 Å². The Morgan fingerprint density at radius 1 is 0.897 bits per heavy atom. The van der Waals surface area contributed by atoms with Gasteiger partial charge in [-0.05, 0) is 55.8 Å². The first-order valence-electron chi connectivity index (χ1n) is 8.81. The van der Waals surface area contributed by atoms with E-state index in [-0.39, 0.29) is 16.5 Å². The van der Waals surface area contributed by atoms with Crippen LogP contribution in [0.25, 0.3) is 0 Å². The molecule has 2 aromatic carbocycles. The molecule has 0 fully saturated rings. The maximum Gasteiger partial charge on any atom is 0.242 e. The van der Waals surface area contributed by atoms with Crippen molar-refractivity contribution in [3.05, 3.63) is 81.4 Å². The molecule has 0 saturated heterocycles. The van der Waals surface area contributed by atoms with Gasteiger partial charge in [-0.1, -0.05) is 35.3 Å². The zero-order valence-corrected chi connectivity index (χ0v) is 18.2. The van der Waals surface area contributed by atoms with Crippen LogP contribution in [0, 0.1) is 13.8 Å². The van der Waals surface area contributed by atoms with Crippen molar-refractivity contribution in [1.82, 2.24) is 14.7 Å². The van der Waals surface area contributed by atoms with Crippen LogP contribution in [0.4, 0.5) is 5.69 Å². The normalized spacial score (nSPS) is 11.4. The first kappa shape index (κ1) is 21.5. The topological polar surface area (TPSA) is 84.0 Å². The van der Waals surface area contributed by atoms with E-state index >= 15 is 0 Å². The summed E-state index contributed by atoms with van der Waals surface area (Å²) < 4.78 is 27.5. The summed E-state index contributed by atoms with van der Waals surface area (Å²) in [5, 5.41) is 3.72. The van der Waals surface area contributed by atoms with E-state index in [0.29, 0.717) is 11.6 Å². The Bertz CT molecular complexity index is 1100. The molecule has 2 N–H and O–H groups in total. The summed E-state index contributed by atoms with van der Waals surface area (Å²) in [4.78, 5) is 8.79. The number of aryl methyl sites for hydroxylation is 2. The van der Waals surface area contributed by atoms with Gasteiger partial charge >= 0.3 is 0 Å². The van der Waals surface area contributed by atoms with E-state index in [9.17, 15) is 8.42 Å². The molecule has 6 nitrogen and oxygen atoms in total. The number of nitrogens with zero attached hydrogens (tertiary/aromatic N) is 2. The molecule has 0 bridgehead atoms. The molecule has 0 amide bonds. The highest BCUT2D eigenvalue weighted by Gasteiger charge is 2.17. The molecular weight excluding hydrogens is 431 g/mol. The lowest BCUT2D eigenvalue weighted by Crippen LogP contribution is -2.23. The third kappa shape index (κ3) is 5.90. The van der Waals surface area contributed by atoms with Crippen molar-refractivity contribution in [3.63, 3.8) is 0 Å². The molecule has 0 aliphatic carbocycles. The van der Waals surface area contributed by atoms with Crippen LogP contribution < -0.4 is 10.0 Å². The van der Waals surface area contributed by atoms with E-state index in [1.807, 2.05) is 44.2 Å². The number of aromatic nitrogens is 2. The number of rotatable bonds is 7. The second kappa shape index (κ2) is 9.09. The van der Waals surface area contributed by atoms with E-state index in [1.165, 1.54) is 18.2 Å². The van der Waals surface area contributed by atoms with Crippen LogP contribution in [0.15, 0.2) is 53.4 Å². The van der Waals surface area contributed by atoms with Gasteiger partial charge in [0.15, 0.2) is 0 Å². The van der Waals surface area contributed by atoms with Crippen LogP contribution in [0.2, 0.25) is 10.0 Å². The lowest BCUT2D eigenvalue weighted by Gasteiger charge is -2.10. The van der Waals surface area contributed by atoms with Gasteiger partial charge in [-0.15, -0.1) is 0 Å². The third-order valence-corrected chi connectivity index (χ3v) is 6.20. The van der Waals surface area contributed by atoms with E-state index in [1.54, 1.807) is 0 Å². The van der Waals surface area contributed by atoms with Gasteiger partial charge in [-0.2, -0.15) is 0 Å². The minimum Gasteiger partial charge on any atom is -0.378 e. The van der Waals surface area contributed by atoms with Crippen molar-refractivity contribution in [2.45, 2.75) is 31.8 Å². The number of hydrogen-bond acceptors (Lipinski definition) is 5. The number of hydrogen-bond donors (Lipinski definition) is 2. The Hall–Kier alpha value is -2.19. The fourth-order valence-corrected chi connectivity index (χ4v) is 4.54. The molecule has 0 aliphatic rings. The molecule has 0 spiro atoms. The molecule has 0 saturated carbocycles.